The number of amides is 1. The van der Waals surface area contributed by atoms with Crippen LogP contribution >= 0.6 is 24.0 Å². The number of hydrogen-bond acceptors (Lipinski definition) is 5. The summed E-state index contributed by atoms with van der Waals surface area (Å²) < 4.78 is 5.65. The summed E-state index contributed by atoms with van der Waals surface area (Å²) in [5.74, 6) is 1.72. The number of nitrogens with one attached hydrogen (secondary N) is 1. The van der Waals surface area contributed by atoms with Gasteiger partial charge in [-0.3, -0.25) is 9.79 Å². The highest BCUT2D eigenvalue weighted by atomic mass is 127. The van der Waals surface area contributed by atoms with Crippen LogP contribution in [0.1, 0.15) is 31.2 Å². The van der Waals surface area contributed by atoms with Crippen LogP contribution < -0.4 is 16.0 Å². The zero-order valence-corrected chi connectivity index (χ0v) is 20.0. The van der Waals surface area contributed by atoms with Gasteiger partial charge in [0.05, 0.1) is 6.61 Å². The number of nitrogens with two attached hydrogens (primary N) is 1. The molecule has 1 spiro atoms. The molecular formula is C21H33IN6O2. The third kappa shape index (κ3) is 4.99. The lowest BCUT2D eigenvalue weighted by Crippen LogP contribution is -2.42. The predicted molar refractivity (Wildman–Crippen MR) is 128 cm³/mol. The smallest absolute Gasteiger partial charge is 0.220 e. The van der Waals surface area contributed by atoms with Crippen molar-refractivity contribution in [3.05, 3.63) is 23.9 Å². The lowest BCUT2D eigenvalue weighted by Gasteiger charge is -2.33. The van der Waals surface area contributed by atoms with Crippen LogP contribution in [0.15, 0.2) is 23.3 Å². The molecule has 0 aliphatic carbocycles. The van der Waals surface area contributed by atoms with E-state index in [1.165, 1.54) is 6.42 Å². The Morgan fingerprint density at radius 3 is 2.83 bits per heavy atom. The number of likely N-dealkylation sites (tertiary alicyclic amines) is 1. The Kier molecular flexibility index (Phi) is 7.78. The van der Waals surface area contributed by atoms with Gasteiger partial charge >= 0.3 is 0 Å². The molecule has 0 saturated carbocycles. The molecule has 0 bridgehead atoms. The van der Waals surface area contributed by atoms with Crippen LogP contribution in [0, 0.1) is 11.3 Å². The summed E-state index contributed by atoms with van der Waals surface area (Å²) in [7, 11) is 1.84. The maximum Gasteiger partial charge on any atom is 0.220 e. The summed E-state index contributed by atoms with van der Waals surface area (Å²) >= 11 is 0. The highest BCUT2D eigenvalue weighted by molar-refractivity contribution is 14.0. The average molecular weight is 528 g/mol. The first-order valence-corrected chi connectivity index (χ1v) is 10.6. The van der Waals surface area contributed by atoms with E-state index in [4.69, 9.17) is 10.5 Å². The minimum Gasteiger partial charge on any atom is -0.381 e. The van der Waals surface area contributed by atoms with E-state index in [1.54, 1.807) is 0 Å². The van der Waals surface area contributed by atoms with Crippen LogP contribution in [-0.4, -0.2) is 68.2 Å². The molecule has 1 unspecified atom stereocenters. The normalized spacial score (nSPS) is 24.9. The Morgan fingerprint density at radius 2 is 2.17 bits per heavy atom. The highest BCUT2D eigenvalue weighted by Gasteiger charge is 2.42. The van der Waals surface area contributed by atoms with Crippen LogP contribution in [0.5, 0.6) is 0 Å². The Labute approximate surface area is 195 Å². The number of piperidine rings is 1. The molecule has 0 radical (unpaired) electrons. The van der Waals surface area contributed by atoms with E-state index < -0.39 is 0 Å². The number of pyridine rings is 1. The van der Waals surface area contributed by atoms with Gasteiger partial charge in [0, 0.05) is 69.5 Å². The largest absolute Gasteiger partial charge is 0.381 e. The van der Waals surface area contributed by atoms with Crippen molar-refractivity contribution < 1.29 is 9.53 Å². The summed E-state index contributed by atoms with van der Waals surface area (Å²) in [5, 5.41) is 3.53. The first kappa shape index (κ1) is 23.1. The van der Waals surface area contributed by atoms with Crippen molar-refractivity contribution in [2.24, 2.45) is 22.1 Å². The number of carbonyl (C=O) groups excluding carboxylic acids is 1. The van der Waals surface area contributed by atoms with E-state index in [2.05, 4.69) is 31.2 Å². The quantitative estimate of drug-likeness (QED) is 0.350. The summed E-state index contributed by atoms with van der Waals surface area (Å²) in [6.45, 7) is 6.06. The fourth-order valence-corrected chi connectivity index (χ4v) is 4.82. The van der Waals surface area contributed by atoms with E-state index in [-0.39, 0.29) is 35.8 Å². The molecule has 9 heteroatoms. The molecule has 3 aliphatic heterocycles. The molecule has 3 aliphatic rings. The Hall–Kier alpha value is -1.62. The number of guanidine groups is 1. The predicted octanol–water partition coefficient (Wildman–Crippen LogP) is 1.59. The van der Waals surface area contributed by atoms with Crippen molar-refractivity contribution in [2.75, 3.05) is 51.3 Å². The molecule has 166 valence electrons. The first-order chi connectivity index (χ1) is 14.1. The number of aliphatic imine (C=N–C) groups is 1. The third-order valence-electron chi connectivity index (χ3n) is 6.64. The number of anilines is 1. The number of halogens is 1. The maximum absolute atomic E-state index is 11.4. The number of aromatic nitrogens is 1. The summed E-state index contributed by atoms with van der Waals surface area (Å²) in [6.07, 6.45) is 5.73. The monoisotopic (exact) mass is 528 g/mol. The molecule has 1 atom stereocenters. The van der Waals surface area contributed by atoms with Crippen molar-refractivity contribution in [2.45, 2.75) is 32.2 Å². The number of rotatable bonds is 4. The van der Waals surface area contributed by atoms with Crippen LogP contribution in [0.2, 0.25) is 0 Å². The van der Waals surface area contributed by atoms with E-state index in [0.717, 1.165) is 76.0 Å². The molecule has 1 aromatic rings. The van der Waals surface area contributed by atoms with Crippen LogP contribution in [-0.2, 0) is 16.1 Å². The van der Waals surface area contributed by atoms with Gasteiger partial charge in [0.25, 0.3) is 0 Å². The summed E-state index contributed by atoms with van der Waals surface area (Å²) in [5.41, 5.74) is 6.92. The van der Waals surface area contributed by atoms with Gasteiger partial charge in [0.2, 0.25) is 5.91 Å². The molecule has 3 N–H and O–H groups in total. The lowest BCUT2D eigenvalue weighted by atomic mass is 9.87. The second-order valence-corrected chi connectivity index (χ2v) is 8.52. The van der Waals surface area contributed by atoms with E-state index in [0.29, 0.717) is 12.0 Å². The molecule has 8 nitrogen and oxygen atoms in total. The minimum atomic E-state index is -0.188. The molecular weight excluding hydrogens is 495 g/mol. The van der Waals surface area contributed by atoms with Gasteiger partial charge in [-0.2, -0.15) is 0 Å². The standard InChI is InChI=1S/C21H32N6O2.HI/c1-23-20(27-11-6-21(14-27)7-12-29-15-21)25-13-17-3-2-8-24-19(17)26-9-4-16(5-10-26)18(22)28;/h2-3,8,16H,4-7,9-15H2,1H3,(H2,22,28)(H,23,25);1H. The Bertz CT molecular complexity index is 760. The second kappa shape index (κ2) is 10.1. The number of nitrogens with zero attached hydrogens (tertiary/aromatic N) is 4. The van der Waals surface area contributed by atoms with Crippen LogP contribution in [0.25, 0.3) is 0 Å². The van der Waals surface area contributed by atoms with Gasteiger partial charge < -0.3 is 25.6 Å². The second-order valence-electron chi connectivity index (χ2n) is 8.52. The van der Waals surface area contributed by atoms with E-state index in [1.807, 2.05) is 19.3 Å². The summed E-state index contributed by atoms with van der Waals surface area (Å²) in [6, 6.07) is 4.08. The topological polar surface area (TPSA) is 96.1 Å². The van der Waals surface area contributed by atoms with Crippen molar-refractivity contribution in [1.82, 2.24) is 15.2 Å². The van der Waals surface area contributed by atoms with Crippen molar-refractivity contribution in [3.63, 3.8) is 0 Å². The van der Waals surface area contributed by atoms with Gasteiger partial charge in [-0.15, -0.1) is 24.0 Å². The van der Waals surface area contributed by atoms with Gasteiger partial charge in [-0.05, 0) is 31.7 Å². The van der Waals surface area contributed by atoms with Gasteiger partial charge in [-0.25, -0.2) is 4.98 Å². The molecule has 4 rings (SSSR count). The lowest BCUT2D eigenvalue weighted by molar-refractivity contribution is -0.122. The molecule has 30 heavy (non-hydrogen) atoms. The third-order valence-corrected chi connectivity index (χ3v) is 6.64. The van der Waals surface area contributed by atoms with Crippen molar-refractivity contribution in [3.8, 4) is 0 Å². The number of hydrogen-bond donors (Lipinski definition) is 2. The van der Waals surface area contributed by atoms with Crippen LogP contribution in [0.4, 0.5) is 5.82 Å². The van der Waals surface area contributed by atoms with E-state index >= 15 is 0 Å². The molecule has 3 saturated heterocycles. The SMILES string of the molecule is CN=C(NCc1cccnc1N1CCC(C(N)=O)CC1)N1CCC2(CCOC2)C1.I. The Morgan fingerprint density at radius 1 is 1.37 bits per heavy atom. The molecule has 1 amide bonds. The van der Waals surface area contributed by atoms with Gasteiger partial charge in [0.1, 0.15) is 5.82 Å². The molecule has 1 aromatic heterocycles. The number of ether oxygens (including phenoxy) is 1. The zero-order chi connectivity index (χ0) is 20.3. The van der Waals surface area contributed by atoms with Gasteiger partial charge in [0.15, 0.2) is 5.96 Å². The minimum absolute atomic E-state index is 0. The fraction of sp³-hybridized carbons (Fsp3) is 0.667. The number of primary amides is 1. The molecule has 3 fully saturated rings. The number of carbonyl (C=O) groups is 1. The maximum atomic E-state index is 11.4. The fourth-order valence-electron chi connectivity index (χ4n) is 4.82. The van der Waals surface area contributed by atoms with Crippen LogP contribution in [0.3, 0.4) is 0 Å². The highest BCUT2D eigenvalue weighted by Crippen LogP contribution is 2.38. The molecule has 0 aromatic carbocycles. The van der Waals surface area contributed by atoms with Gasteiger partial charge in [-0.1, -0.05) is 6.07 Å². The van der Waals surface area contributed by atoms with E-state index in [9.17, 15) is 4.79 Å². The molecule has 4 heterocycles. The summed E-state index contributed by atoms with van der Waals surface area (Å²) in [4.78, 5) is 25.2. The average Bonchev–Trinajstić information content (AvgIpc) is 3.39. The zero-order valence-electron chi connectivity index (χ0n) is 17.7. The van der Waals surface area contributed by atoms with Crippen molar-refractivity contribution >= 4 is 41.7 Å². The van der Waals surface area contributed by atoms with Crippen molar-refractivity contribution in [1.29, 1.82) is 0 Å². The Balaban J connectivity index is 0.00000256. The first-order valence-electron chi connectivity index (χ1n) is 10.6.